The molecule has 1 rings (SSSR count). The molecule has 1 N–H and O–H groups in total. The molecule has 8 heavy (non-hydrogen) atoms. The van der Waals surface area contributed by atoms with Crippen molar-refractivity contribution in [3.8, 4) is 0 Å². The maximum atomic E-state index is 10.1. The van der Waals surface area contributed by atoms with E-state index in [4.69, 9.17) is 0 Å². The van der Waals surface area contributed by atoms with Gasteiger partial charge in [0.15, 0.2) is 0 Å². The minimum atomic E-state index is -3.32. The molecule has 0 aromatic rings. The van der Waals surface area contributed by atoms with Gasteiger partial charge >= 0.3 is 10.2 Å². The Labute approximate surface area is 46.4 Å². The van der Waals surface area contributed by atoms with Crippen LogP contribution < -0.4 is 4.83 Å². The van der Waals surface area contributed by atoms with E-state index < -0.39 is 16.1 Å². The SMILES string of the molecule is CC(=O)N1NS1(=O)=O. The topological polar surface area (TPSA) is 76.2 Å². The smallest absolute Gasteiger partial charge is 0.273 e. The normalized spacial score (nSPS) is 22.9. The van der Waals surface area contributed by atoms with Crippen molar-refractivity contribution in [3.05, 3.63) is 0 Å². The van der Waals surface area contributed by atoms with E-state index in [0.29, 0.717) is 4.41 Å². The quantitative estimate of drug-likeness (QED) is 0.416. The van der Waals surface area contributed by atoms with Gasteiger partial charge in [0.05, 0.1) is 0 Å². The predicted octanol–water partition coefficient (Wildman–Crippen LogP) is -1.40. The summed E-state index contributed by atoms with van der Waals surface area (Å²) < 4.78 is 20.8. The van der Waals surface area contributed by atoms with E-state index >= 15 is 0 Å². The minimum absolute atomic E-state index is 0.509. The van der Waals surface area contributed by atoms with E-state index in [1.54, 1.807) is 0 Å². The Balaban J connectivity index is 2.76. The molecule has 0 bridgehead atoms. The Bertz CT molecular complexity index is 217. The summed E-state index contributed by atoms with van der Waals surface area (Å²) in [4.78, 5) is 12.0. The van der Waals surface area contributed by atoms with Crippen LogP contribution in [0.1, 0.15) is 6.92 Å². The Morgan fingerprint density at radius 1 is 1.62 bits per heavy atom. The summed E-state index contributed by atoms with van der Waals surface area (Å²) in [5, 5.41) is 0. The highest BCUT2D eigenvalue weighted by atomic mass is 32.2. The number of hydrogen-bond donors (Lipinski definition) is 1. The third kappa shape index (κ3) is 0.673. The molecular weight excluding hydrogens is 132 g/mol. The molecule has 1 saturated heterocycles. The zero-order valence-electron chi connectivity index (χ0n) is 4.08. The van der Waals surface area contributed by atoms with Crippen LogP contribution in [-0.4, -0.2) is 18.7 Å². The van der Waals surface area contributed by atoms with Gasteiger partial charge in [-0.1, -0.05) is 4.83 Å². The van der Waals surface area contributed by atoms with Crippen molar-refractivity contribution in [1.29, 1.82) is 0 Å². The Hall–Kier alpha value is -0.620. The Kier molecular flexibility index (Phi) is 0.831. The average molecular weight is 136 g/mol. The Morgan fingerprint density at radius 3 is 2.00 bits per heavy atom. The van der Waals surface area contributed by atoms with Gasteiger partial charge in [0.1, 0.15) is 0 Å². The number of carbonyl (C=O) groups excluding carboxylic acids is 1. The van der Waals surface area contributed by atoms with Gasteiger partial charge < -0.3 is 0 Å². The molecule has 6 heteroatoms. The monoisotopic (exact) mass is 136 g/mol. The van der Waals surface area contributed by atoms with Gasteiger partial charge in [-0.15, -0.1) is 4.41 Å². The predicted molar refractivity (Wildman–Crippen MR) is 24.6 cm³/mol. The van der Waals surface area contributed by atoms with Gasteiger partial charge in [0, 0.05) is 6.92 Å². The largest absolute Gasteiger partial charge is 0.336 e. The molecule has 5 nitrogen and oxygen atoms in total. The standard InChI is InChI=1S/C2H4N2O3S/c1-2(5)4-3-8(4,6)7/h3H,1H3. The number of hydrazine groups is 1. The first kappa shape index (κ1) is 5.52. The fourth-order valence-electron chi connectivity index (χ4n) is 0.322. The highest BCUT2D eigenvalue weighted by molar-refractivity contribution is 7.93. The van der Waals surface area contributed by atoms with E-state index in [1.807, 2.05) is 4.83 Å². The van der Waals surface area contributed by atoms with Crippen molar-refractivity contribution in [2.24, 2.45) is 0 Å². The molecule has 0 aromatic carbocycles. The van der Waals surface area contributed by atoms with Gasteiger partial charge in [-0.2, -0.15) is 8.42 Å². The van der Waals surface area contributed by atoms with E-state index in [9.17, 15) is 13.2 Å². The third-order valence-corrected chi connectivity index (χ3v) is 1.76. The van der Waals surface area contributed by atoms with Crippen LogP contribution in [0.3, 0.4) is 0 Å². The second-order valence-electron chi connectivity index (χ2n) is 1.38. The van der Waals surface area contributed by atoms with Crippen LogP contribution in [0.5, 0.6) is 0 Å². The molecule has 46 valence electrons. The minimum Gasteiger partial charge on any atom is -0.273 e. The fourth-order valence-corrected chi connectivity index (χ4v) is 1.15. The summed E-state index contributed by atoms with van der Waals surface area (Å²) in [5.74, 6) is -0.509. The van der Waals surface area contributed by atoms with Gasteiger partial charge in [-0.05, 0) is 0 Å². The highest BCUT2D eigenvalue weighted by Crippen LogP contribution is 2.08. The summed E-state index contributed by atoms with van der Waals surface area (Å²) in [6.07, 6.45) is 0. The number of amides is 1. The fraction of sp³-hybridized carbons (Fsp3) is 0.500. The molecular formula is C2H4N2O3S. The zero-order valence-corrected chi connectivity index (χ0v) is 4.90. The molecule has 1 aliphatic heterocycles. The summed E-state index contributed by atoms with van der Waals surface area (Å²) in [7, 11) is -3.32. The third-order valence-electron chi connectivity index (χ3n) is 0.692. The van der Waals surface area contributed by atoms with E-state index in [1.165, 1.54) is 0 Å². The number of nitrogens with zero attached hydrogens (tertiary/aromatic N) is 1. The lowest BCUT2D eigenvalue weighted by Gasteiger charge is -1.78. The van der Waals surface area contributed by atoms with E-state index in [0.717, 1.165) is 6.92 Å². The van der Waals surface area contributed by atoms with Crippen LogP contribution in [0.15, 0.2) is 0 Å². The molecule has 0 unspecified atom stereocenters. The lowest BCUT2D eigenvalue weighted by atomic mass is 10.8. The van der Waals surface area contributed by atoms with Gasteiger partial charge in [0.25, 0.3) is 0 Å². The van der Waals surface area contributed by atoms with Crippen LogP contribution in [0, 0.1) is 0 Å². The first-order valence-electron chi connectivity index (χ1n) is 1.87. The molecule has 0 radical (unpaired) electrons. The molecule has 0 spiro atoms. The molecule has 0 saturated carbocycles. The summed E-state index contributed by atoms with van der Waals surface area (Å²) in [5.41, 5.74) is 0. The van der Waals surface area contributed by atoms with Crippen molar-refractivity contribution >= 4 is 16.1 Å². The second-order valence-corrected chi connectivity index (χ2v) is 2.88. The van der Waals surface area contributed by atoms with Gasteiger partial charge in [0.2, 0.25) is 5.91 Å². The zero-order chi connectivity index (χ0) is 6.36. The van der Waals surface area contributed by atoms with Crippen molar-refractivity contribution < 1.29 is 13.2 Å². The highest BCUT2D eigenvalue weighted by Gasteiger charge is 2.42. The number of hydrogen-bond acceptors (Lipinski definition) is 3. The first-order chi connectivity index (χ1) is 3.54. The summed E-state index contributed by atoms with van der Waals surface area (Å²) in [6, 6.07) is 0. The van der Waals surface area contributed by atoms with Crippen LogP contribution in [0.2, 0.25) is 0 Å². The second kappa shape index (κ2) is 1.20. The van der Waals surface area contributed by atoms with Crippen molar-refractivity contribution in [1.82, 2.24) is 9.25 Å². The van der Waals surface area contributed by atoms with Gasteiger partial charge in [-0.3, -0.25) is 4.79 Å². The summed E-state index contributed by atoms with van der Waals surface area (Å²) in [6.45, 7) is 1.16. The van der Waals surface area contributed by atoms with Crippen LogP contribution >= 0.6 is 0 Å². The lowest BCUT2D eigenvalue weighted by molar-refractivity contribution is -0.123. The van der Waals surface area contributed by atoms with Crippen molar-refractivity contribution in [3.63, 3.8) is 0 Å². The molecule has 1 aliphatic rings. The number of carbonyl (C=O) groups is 1. The average Bonchev–Trinajstić information content (AvgIpc) is 2.13. The molecule has 1 fully saturated rings. The van der Waals surface area contributed by atoms with Crippen LogP contribution in [0.4, 0.5) is 0 Å². The van der Waals surface area contributed by atoms with Crippen LogP contribution in [-0.2, 0) is 15.0 Å². The number of nitrogens with one attached hydrogen (secondary N) is 1. The molecule has 0 atom stereocenters. The maximum Gasteiger partial charge on any atom is 0.336 e. The molecule has 1 amide bonds. The molecule has 1 heterocycles. The summed E-state index contributed by atoms with van der Waals surface area (Å²) >= 11 is 0. The Morgan fingerprint density at radius 2 is 2.00 bits per heavy atom. The maximum absolute atomic E-state index is 10.1. The van der Waals surface area contributed by atoms with Crippen LogP contribution in [0.25, 0.3) is 0 Å². The van der Waals surface area contributed by atoms with E-state index in [2.05, 4.69) is 0 Å². The molecule has 0 aromatic heterocycles. The lowest BCUT2D eigenvalue weighted by Crippen LogP contribution is -2.07. The van der Waals surface area contributed by atoms with Crippen molar-refractivity contribution in [2.45, 2.75) is 6.92 Å². The first-order valence-corrected chi connectivity index (χ1v) is 3.31. The molecule has 0 aliphatic carbocycles. The van der Waals surface area contributed by atoms with E-state index in [-0.39, 0.29) is 0 Å². The van der Waals surface area contributed by atoms with Crippen molar-refractivity contribution in [2.75, 3.05) is 0 Å². The van der Waals surface area contributed by atoms with Gasteiger partial charge in [-0.25, -0.2) is 0 Å². The number of rotatable bonds is 0.